The predicted molar refractivity (Wildman–Crippen MR) is 105 cm³/mol. The van der Waals surface area contributed by atoms with Crippen molar-refractivity contribution in [3.8, 4) is 5.69 Å². The van der Waals surface area contributed by atoms with Crippen LogP contribution in [-0.2, 0) is 13.1 Å². The van der Waals surface area contributed by atoms with Crippen molar-refractivity contribution in [2.75, 3.05) is 7.05 Å². The highest BCUT2D eigenvalue weighted by atomic mass is 19.1. The van der Waals surface area contributed by atoms with Gasteiger partial charge in [-0.05, 0) is 43.3 Å². The van der Waals surface area contributed by atoms with E-state index < -0.39 is 0 Å². The molecule has 4 rings (SSSR count). The number of carbonyl (C=O) groups is 1. The lowest BCUT2D eigenvalue weighted by Gasteiger charge is -2.16. The Balaban J connectivity index is 1.56. The summed E-state index contributed by atoms with van der Waals surface area (Å²) < 4.78 is 17.0. The fourth-order valence-electron chi connectivity index (χ4n) is 3.28. The molecule has 6 nitrogen and oxygen atoms in total. The van der Waals surface area contributed by atoms with Crippen molar-refractivity contribution in [2.45, 2.75) is 20.0 Å². The standard InChI is InChI=1S/C21H20FN5O/c1-3-26-19-10-5-4-9-17(19)23-20(26)14-25(2)21(28)18-11-12-27(24-18)16-8-6-7-15(22)13-16/h4-13H,3,14H2,1-2H3. The van der Waals surface area contributed by atoms with E-state index in [4.69, 9.17) is 0 Å². The van der Waals surface area contributed by atoms with Gasteiger partial charge in [0.05, 0.1) is 23.3 Å². The van der Waals surface area contributed by atoms with Crippen molar-refractivity contribution >= 4 is 16.9 Å². The molecule has 0 aliphatic heterocycles. The van der Waals surface area contributed by atoms with E-state index in [1.165, 1.54) is 16.8 Å². The van der Waals surface area contributed by atoms with E-state index in [-0.39, 0.29) is 11.7 Å². The Labute approximate surface area is 161 Å². The molecular formula is C21H20FN5O. The van der Waals surface area contributed by atoms with Crippen molar-refractivity contribution in [2.24, 2.45) is 0 Å². The molecule has 0 atom stereocenters. The lowest BCUT2D eigenvalue weighted by Crippen LogP contribution is -2.28. The summed E-state index contributed by atoms with van der Waals surface area (Å²) in [6.45, 7) is 3.19. The molecule has 0 aliphatic carbocycles. The maximum atomic E-state index is 13.4. The number of aryl methyl sites for hydroxylation is 1. The summed E-state index contributed by atoms with van der Waals surface area (Å²) in [7, 11) is 1.73. The fraction of sp³-hybridized carbons (Fsp3) is 0.190. The molecule has 0 aliphatic rings. The average molecular weight is 377 g/mol. The molecule has 7 heteroatoms. The van der Waals surface area contributed by atoms with Crippen LogP contribution < -0.4 is 0 Å². The van der Waals surface area contributed by atoms with Crippen molar-refractivity contribution in [3.63, 3.8) is 0 Å². The zero-order valence-electron chi connectivity index (χ0n) is 15.7. The normalized spacial score (nSPS) is 11.1. The highest BCUT2D eigenvalue weighted by molar-refractivity contribution is 5.92. The summed E-state index contributed by atoms with van der Waals surface area (Å²) in [6.07, 6.45) is 1.65. The average Bonchev–Trinajstić information content (AvgIpc) is 3.32. The van der Waals surface area contributed by atoms with Gasteiger partial charge in [0, 0.05) is 19.8 Å². The number of imidazole rings is 1. The van der Waals surface area contributed by atoms with E-state index in [9.17, 15) is 9.18 Å². The third-order valence-electron chi connectivity index (χ3n) is 4.66. The van der Waals surface area contributed by atoms with Gasteiger partial charge in [-0.3, -0.25) is 4.79 Å². The van der Waals surface area contributed by atoms with E-state index in [1.54, 1.807) is 36.3 Å². The third kappa shape index (κ3) is 3.26. The number of rotatable bonds is 5. The lowest BCUT2D eigenvalue weighted by atomic mass is 10.3. The van der Waals surface area contributed by atoms with Gasteiger partial charge in [-0.25, -0.2) is 14.1 Å². The van der Waals surface area contributed by atoms with Gasteiger partial charge in [-0.15, -0.1) is 0 Å². The molecular weight excluding hydrogens is 357 g/mol. The van der Waals surface area contributed by atoms with E-state index in [2.05, 4.69) is 21.6 Å². The first-order chi connectivity index (χ1) is 13.6. The monoisotopic (exact) mass is 377 g/mol. The van der Waals surface area contributed by atoms with Crippen LogP contribution in [0.3, 0.4) is 0 Å². The van der Waals surface area contributed by atoms with E-state index in [1.807, 2.05) is 24.3 Å². The fourth-order valence-corrected chi connectivity index (χ4v) is 3.28. The molecule has 2 aromatic heterocycles. The van der Waals surface area contributed by atoms with Crippen LogP contribution >= 0.6 is 0 Å². The number of carbonyl (C=O) groups excluding carboxylic acids is 1. The first-order valence-corrected chi connectivity index (χ1v) is 9.08. The molecule has 2 heterocycles. The molecule has 0 unspecified atom stereocenters. The first kappa shape index (κ1) is 17.9. The first-order valence-electron chi connectivity index (χ1n) is 9.08. The van der Waals surface area contributed by atoms with Crippen LogP contribution in [0.15, 0.2) is 60.8 Å². The maximum absolute atomic E-state index is 13.4. The quantitative estimate of drug-likeness (QED) is 0.533. The van der Waals surface area contributed by atoms with E-state index in [0.29, 0.717) is 17.9 Å². The van der Waals surface area contributed by atoms with Gasteiger partial charge in [0.25, 0.3) is 5.91 Å². The number of nitrogens with zero attached hydrogens (tertiary/aromatic N) is 5. The number of benzene rings is 2. The van der Waals surface area contributed by atoms with Gasteiger partial charge in [0.2, 0.25) is 0 Å². The number of amides is 1. The van der Waals surface area contributed by atoms with Crippen molar-refractivity contribution in [1.82, 2.24) is 24.2 Å². The summed E-state index contributed by atoms with van der Waals surface area (Å²) in [6, 6.07) is 15.6. The van der Waals surface area contributed by atoms with Crippen LogP contribution in [0, 0.1) is 5.82 Å². The topological polar surface area (TPSA) is 56.0 Å². The molecule has 142 valence electrons. The largest absolute Gasteiger partial charge is 0.333 e. The Morgan fingerprint density at radius 3 is 2.75 bits per heavy atom. The van der Waals surface area contributed by atoms with Crippen LogP contribution in [0.1, 0.15) is 23.2 Å². The lowest BCUT2D eigenvalue weighted by molar-refractivity contribution is 0.0774. The molecule has 0 radical (unpaired) electrons. The summed E-state index contributed by atoms with van der Waals surface area (Å²) in [5.41, 5.74) is 2.83. The van der Waals surface area contributed by atoms with Gasteiger partial charge >= 0.3 is 0 Å². The van der Waals surface area contributed by atoms with E-state index in [0.717, 1.165) is 23.4 Å². The van der Waals surface area contributed by atoms with Crippen molar-refractivity contribution < 1.29 is 9.18 Å². The second-order valence-electron chi connectivity index (χ2n) is 6.55. The van der Waals surface area contributed by atoms with E-state index >= 15 is 0 Å². The molecule has 2 aromatic carbocycles. The highest BCUT2D eigenvalue weighted by Gasteiger charge is 2.18. The summed E-state index contributed by atoms with van der Waals surface area (Å²) in [5, 5.41) is 4.30. The SMILES string of the molecule is CCn1c(CN(C)C(=O)c2ccn(-c3cccc(F)c3)n2)nc2ccccc21. The minimum atomic E-state index is -0.350. The Morgan fingerprint density at radius 1 is 1.14 bits per heavy atom. The van der Waals surface area contributed by atoms with Crippen LogP contribution in [0.5, 0.6) is 0 Å². The molecule has 28 heavy (non-hydrogen) atoms. The van der Waals surface area contributed by atoms with Gasteiger partial charge in [-0.1, -0.05) is 18.2 Å². The minimum Gasteiger partial charge on any atom is -0.333 e. The molecule has 0 fully saturated rings. The van der Waals surface area contributed by atoms with Gasteiger partial charge < -0.3 is 9.47 Å². The second kappa shape index (κ2) is 7.26. The number of fused-ring (bicyclic) bond motifs is 1. The zero-order valence-corrected chi connectivity index (χ0v) is 15.7. The third-order valence-corrected chi connectivity index (χ3v) is 4.66. The van der Waals surface area contributed by atoms with Gasteiger partial charge in [0.15, 0.2) is 5.69 Å². The number of aromatic nitrogens is 4. The Morgan fingerprint density at radius 2 is 1.96 bits per heavy atom. The Bertz CT molecular complexity index is 1150. The maximum Gasteiger partial charge on any atom is 0.274 e. The summed E-state index contributed by atoms with van der Waals surface area (Å²) in [4.78, 5) is 19.1. The van der Waals surface area contributed by atoms with Crippen molar-refractivity contribution in [1.29, 1.82) is 0 Å². The smallest absolute Gasteiger partial charge is 0.274 e. The zero-order chi connectivity index (χ0) is 19.7. The molecule has 4 aromatic rings. The molecule has 0 spiro atoms. The van der Waals surface area contributed by atoms with Crippen LogP contribution in [0.4, 0.5) is 4.39 Å². The molecule has 0 bridgehead atoms. The number of para-hydroxylation sites is 2. The van der Waals surface area contributed by atoms with Gasteiger partial charge in [-0.2, -0.15) is 5.10 Å². The van der Waals surface area contributed by atoms with Crippen LogP contribution in [-0.4, -0.2) is 37.2 Å². The molecule has 0 saturated carbocycles. The van der Waals surface area contributed by atoms with Gasteiger partial charge in [0.1, 0.15) is 11.6 Å². The van der Waals surface area contributed by atoms with Crippen LogP contribution in [0.25, 0.3) is 16.7 Å². The summed E-state index contributed by atoms with van der Waals surface area (Å²) in [5.74, 6) is 0.255. The molecule has 0 N–H and O–H groups in total. The van der Waals surface area contributed by atoms with Crippen molar-refractivity contribution in [3.05, 3.63) is 78.1 Å². The number of halogens is 1. The highest BCUT2D eigenvalue weighted by Crippen LogP contribution is 2.18. The predicted octanol–water partition coefficient (Wildman–Crippen LogP) is 3.65. The Hall–Kier alpha value is -3.48. The minimum absolute atomic E-state index is 0.218. The number of hydrogen-bond acceptors (Lipinski definition) is 3. The molecule has 1 amide bonds. The Kier molecular flexibility index (Phi) is 4.65. The number of hydrogen-bond donors (Lipinski definition) is 0. The van der Waals surface area contributed by atoms with Crippen LogP contribution in [0.2, 0.25) is 0 Å². The molecule has 0 saturated heterocycles. The second-order valence-corrected chi connectivity index (χ2v) is 6.55. The summed E-state index contributed by atoms with van der Waals surface area (Å²) >= 11 is 0.